The first-order valence-electron chi connectivity index (χ1n) is 25.1. The largest absolute Gasteiger partial charge is 0.545 e. The van der Waals surface area contributed by atoms with Gasteiger partial charge in [0.1, 0.15) is 13.2 Å². The molecule has 0 spiro atoms. The molecule has 0 aliphatic heterocycles. The lowest BCUT2D eigenvalue weighted by Gasteiger charge is -2.26. The molecule has 2 unspecified atom stereocenters. The predicted molar refractivity (Wildman–Crippen MR) is 260 cm³/mol. The van der Waals surface area contributed by atoms with E-state index in [1.54, 1.807) is 0 Å². The molecule has 9 heteroatoms. The molecule has 63 heavy (non-hydrogen) atoms. The van der Waals surface area contributed by atoms with Crippen molar-refractivity contribution in [2.24, 2.45) is 0 Å². The molecule has 0 rings (SSSR count). The summed E-state index contributed by atoms with van der Waals surface area (Å²) in [6, 6.07) is 0. The van der Waals surface area contributed by atoms with Crippen LogP contribution in [0.4, 0.5) is 0 Å². The van der Waals surface area contributed by atoms with Crippen LogP contribution in [0.1, 0.15) is 194 Å². The first-order valence-corrected chi connectivity index (χ1v) is 25.1. The number of carboxylic acid groups (broad SMARTS) is 1. The van der Waals surface area contributed by atoms with Gasteiger partial charge in [0.05, 0.1) is 40.3 Å². The molecule has 0 aliphatic carbocycles. The lowest BCUT2D eigenvalue weighted by Crippen LogP contribution is -2.44. The maximum Gasteiger partial charge on any atom is 0.306 e. The molecule has 9 nitrogen and oxygen atoms in total. The predicted octanol–water partition coefficient (Wildman–Crippen LogP) is 12.6. The van der Waals surface area contributed by atoms with Crippen LogP contribution in [-0.2, 0) is 33.3 Å². The minimum Gasteiger partial charge on any atom is -0.545 e. The maximum absolute atomic E-state index is 12.8. The van der Waals surface area contributed by atoms with E-state index < -0.39 is 24.3 Å². The molecular weight excluding hydrogens is 791 g/mol. The molecular formula is C54H93NO8. The number of carboxylic acids is 1. The molecule has 0 aromatic carbocycles. The summed E-state index contributed by atoms with van der Waals surface area (Å²) < 4.78 is 22.6. The number of carbonyl (C=O) groups excluding carboxylic acids is 3. The van der Waals surface area contributed by atoms with Crippen LogP contribution in [0.5, 0.6) is 0 Å². The van der Waals surface area contributed by atoms with E-state index in [0.717, 1.165) is 70.6 Å². The fourth-order valence-electron chi connectivity index (χ4n) is 6.56. The molecule has 0 saturated carbocycles. The zero-order valence-electron chi connectivity index (χ0n) is 40.9. The average Bonchev–Trinajstić information content (AvgIpc) is 3.24. The van der Waals surface area contributed by atoms with Crippen LogP contribution in [-0.4, -0.2) is 82.3 Å². The molecule has 0 fully saturated rings. The summed E-state index contributed by atoms with van der Waals surface area (Å²) in [6.45, 7) is 4.58. The van der Waals surface area contributed by atoms with Crippen molar-refractivity contribution in [2.75, 3.05) is 47.5 Å². The summed E-state index contributed by atoms with van der Waals surface area (Å²) in [7, 11) is 5.90. The van der Waals surface area contributed by atoms with Gasteiger partial charge in [0.25, 0.3) is 0 Å². The Bertz CT molecular complexity index is 1260. The highest BCUT2D eigenvalue weighted by Gasteiger charge is 2.21. The minimum absolute atomic E-state index is 0.137. The standard InChI is InChI=1S/C54H93NO8/c1-6-8-10-12-14-16-18-20-22-24-26-28-30-32-34-36-38-40-42-44-51(56)61-48-50(49-62-54(53(58)59)60-47-46-55(3,4)5)63-52(57)45-43-41-39-37-35-33-31-29-27-25-23-21-19-17-15-13-11-9-7-2/h9,11,15,17,20-23,27,29,33,35,50,54H,6-8,10,12-14,16,18-19,24-26,28,30-32,34,36-49H2,1-5H3/b11-9-,17-15-,22-20-,23-21-,29-27-,35-33-. The Morgan fingerprint density at radius 3 is 1.38 bits per heavy atom. The Morgan fingerprint density at radius 1 is 0.492 bits per heavy atom. The van der Waals surface area contributed by atoms with Gasteiger partial charge in [-0.2, -0.15) is 0 Å². The molecule has 0 bridgehead atoms. The quantitative estimate of drug-likeness (QED) is 0.0195. The number of esters is 2. The SMILES string of the molecule is CC/C=C\C/C=C\C/C=C\C/C=C\C/C=C\CCCCCC(=O)OC(COC(=O)CCCCCCCCCCC/C=C\CCCCCCCC)COC(OCC[N+](C)(C)C)C(=O)[O-]. The highest BCUT2D eigenvalue weighted by Crippen LogP contribution is 2.14. The van der Waals surface area contributed by atoms with Gasteiger partial charge >= 0.3 is 11.9 Å². The molecule has 0 aromatic heterocycles. The number of allylic oxidation sites excluding steroid dienone is 12. The van der Waals surface area contributed by atoms with Crippen LogP contribution in [0.25, 0.3) is 0 Å². The van der Waals surface area contributed by atoms with E-state index in [2.05, 4.69) is 86.8 Å². The second-order valence-electron chi connectivity index (χ2n) is 17.7. The Morgan fingerprint density at radius 2 is 0.905 bits per heavy atom. The Hall–Kier alpha value is -3.27. The lowest BCUT2D eigenvalue weighted by molar-refractivity contribution is -0.870. The van der Waals surface area contributed by atoms with Crippen molar-refractivity contribution in [3.05, 3.63) is 72.9 Å². The Balaban J connectivity index is 4.43. The first kappa shape index (κ1) is 59.7. The van der Waals surface area contributed by atoms with E-state index in [-0.39, 0.29) is 38.6 Å². The van der Waals surface area contributed by atoms with Gasteiger partial charge in [0.15, 0.2) is 12.4 Å². The van der Waals surface area contributed by atoms with Crippen LogP contribution in [0.3, 0.4) is 0 Å². The van der Waals surface area contributed by atoms with E-state index in [4.69, 9.17) is 18.9 Å². The molecule has 0 radical (unpaired) electrons. The number of carbonyl (C=O) groups is 3. The highest BCUT2D eigenvalue weighted by molar-refractivity contribution is 5.70. The topological polar surface area (TPSA) is 111 Å². The Kier molecular flexibility index (Phi) is 43.0. The number of hydrogen-bond acceptors (Lipinski definition) is 8. The molecule has 0 aliphatic rings. The van der Waals surface area contributed by atoms with E-state index in [0.29, 0.717) is 17.4 Å². The van der Waals surface area contributed by atoms with Gasteiger partial charge in [-0.3, -0.25) is 9.59 Å². The average molecular weight is 884 g/mol. The molecule has 0 amide bonds. The second-order valence-corrected chi connectivity index (χ2v) is 17.7. The Labute approximate surface area is 386 Å². The molecule has 2 atom stereocenters. The summed E-state index contributed by atoms with van der Waals surface area (Å²) in [4.78, 5) is 37.1. The monoisotopic (exact) mass is 884 g/mol. The van der Waals surface area contributed by atoms with Gasteiger partial charge in [0, 0.05) is 12.8 Å². The van der Waals surface area contributed by atoms with Crippen LogP contribution in [0.15, 0.2) is 72.9 Å². The van der Waals surface area contributed by atoms with Crippen LogP contribution < -0.4 is 5.11 Å². The molecule has 0 heterocycles. The number of ether oxygens (including phenoxy) is 4. The van der Waals surface area contributed by atoms with Crippen molar-refractivity contribution in [3.8, 4) is 0 Å². The summed E-state index contributed by atoms with van der Waals surface area (Å²) in [5.74, 6) is -2.34. The van der Waals surface area contributed by atoms with Crippen molar-refractivity contribution in [1.82, 2.24) is 0 Å². The number of nitrogens with zero attached hydrogens (tertiary/aromatic N) is 1. The van der Waals surface area contributed by atoms with Crippen molar-refractivity contribution in [2.45, 2.75) is 206 Å². The summed E-state index contributed by atoms with van der Waals surface area (Å²) in [5.41, 5.74) is 0. The van der Waals surface area contributed by atoms with Crippen molar-refractivity contribution in [1.29, 1.82) is 0 Å². The summed E-state index contributed by atoms with van der Waals surface area (Å²) >= 11 is 0. The zero-order chi connectivity index (χ0) is 46.3. The van der Waals surface area contributed by atoms with Gasteiger partial charge in [-0.15, -0.1) is 0 Å². The van der Waals surface area contributed by atoms with Gasteiger partial charge in [-0.1, -0.05) is 170 Å². The van der Waals surface area contributed by atoms with Crippen LogP contribution in [0, 0.1) is 0 Å². The number of rotatable bonds is 45. The summed E-state index contributed by atoms with van der Waals surface area (Å²) in [6.07, 6.45) is 53.6. The highest BCUT2D eigenvalue weighted by atomic mass is 16.7. The zero-order valence-corrected chi connectivity index (χ0v) is 40.9. The first-order chi connectivity index (χ1) is 30.6. The van der Waals surface area contributed by atoms with E-state index in [1.807, 2.05) is 21.1 Å². The number of aliphatic carboxylic acids is 1. The number of quaternary nitrogens is 1. The van der Waals surface area contributed by atoms with E-state index >= 15 is 0 Å². The van der Waals surface area contributed by atoms with Crippen molar-refractivity contribution >= 4 is 17.9 Å². The lowest BCUT2D eigenvalue weighted by atomic mass is 10.1. The third-order valence-electron chi connectivity index (χ3n) is 10.4. The summed E-state index contributed by atoms with van der Waals surface area (Å²) in [5, 5.41) is 11.7. The maximum atomic E-state index is 12.8. The van der Waals surface area contributed by atoms with Crippen molar-refractivity contribution in [3.63, 3.8) is 0 Å². The number of hydrogen-bond donors (Lipinski definition) is 0. The smallest absolute Gasteiger partial charge is 0.306 e. The van der Waals surface area contributed by atoms with E-state index in [9.17, 15) is 19.5 Å². The minimum atomic E-state index is -1.63. The molecule has 0 N–H and O–H groups in total. The van der Waals surface area contributed by atoms with E-state index in [1.165, 1.54) is 89.9 Å². The van der Waals surface area contributed by atoms with Gasteiger partial charge in [-0.25, -0.2) is 0 Å². The van der Waals surface area contributed by atoms with Gasteiger partial charge in [0.2, 0.25) is 0 Å². The number of unbranched alkanes of at least 4 members (excludes halogenated alkanes) is 18. The fourth-order valence-corrected chi connectivity index (χ4v) is 6.56. The molecule has 362 valence electrons. The molecule has 0 aromatic rings. The van der Waals surface area contributed by atoms with Gasteiger partial charge in [-0.05, 0) is 83.5 Å². The van der Waals surface area contributed by atoms with Gasteiger partial charge < -0.3 is 33.3 Å². The van der Waals surface area contributed by atoms with Crippen LogP contribution >= 0.6 is 0 Å². The number of likely N-dealkylation sites (N-methyl/N-ethyl adjacent to an activating group) is 1. The fraction of sp³-hybridized carbons (Fsp3) is 0.722. The van der Waals surface area contributed by atoms with Crippen molar-refractivity contribution < 1.29 is 42.9 Å². The van der Waals surface area contributed by atoms with Crippen LogP contribution in [0.2, 0.25) is 0 Å². The third-order valence-corrected chi connectivity index (χ3v) is 10.4. The normalized spacial score (nSPS) is 13.5. The third kappa shape index (κ3) is 46.5. The second kappa shape index (κ2) is 45.3. The molecule has 0 saturated heterocycles.